The van der Waals surface area contributed by atoms with Crippen LogP contribution in [0, 0.1) is 5.82 Å². The second kappa shape index (κ2) is 6.32. The lowest BCUT2D eigenvalue weighted by Gasteiger charge is -2.12. The van der Waals surface area contributed by atoms with E-state index in [1.54, 1.807) is 30.3 Å². The first kappa shape index (κ1) is 17.7. The molecule has 4 aromatic rings. The first-order valence-corrected chi connectivity index (χ1v) is 9.31. The molecule has 5 rings (SSSR count). The molecule has 1 N–H and O–H groups in total. The number of furan rings is 2. The Morgan fingerprint density at radius 3 is 2.62 bits per heavy atom. The molecule has 144 valence electrons. The van der Waals surface area contributed by atoms with Crippen molar-refractivity contribution in [1.29, 1.82) is 0 Å². The quantitative estimate of drug-likeness (QED) is 0.445. The Bertz CT molecular complexity index is 1320. The van der Waals surface area contributed by atoms with Crippen LogP contribution in [0.1, 0.15) is 34.0 Å². The van der Waals surface area contributed by atoms with Crippen molar-refractivity contribution < 1.29 is 23.4 Å². The molecular formula is C22H13ClFNO4. The molecule has 0 saturated heterocycles. The highest BCUT2D eigenvalue weighted by Gasteiger charge is 2.37. The fourth-order valence-electron chi connectivity index (χ4n) is 3.67. The SMILES string of the molecule is CCc1ccc(Oc2ncc(Cl)cc2F)cc1C1=C(O)c2c(c3ccc2o3)C1=O. The van der Waals surface area contributed by atoms with Gasteiger partial charge >= 0.3 is 0 Å². The number of rotatable bonds is 4. The summed E-state index contributed by atoms with van der Waals surface area (Å²) >= 11 is 5.72. The fraction of sp³-hybridized carbons (Fsp3) is 0.0909. The fourth-order valence-corrected chi connectivity index (χ4v) is 3.81. The minimum atomic E-state index is -0.703. The second-order valence-electron chi connectivity index (χ2n) is 6.68. The maximum atomic E-state index is 14.0. The van der Waals surface area contributed by atoms with Crippen LogP contribution in [0.15, 0.2) is 47.0 Å². The van der Waals surface area contributed by atoms with E-state index < -0.39 is 5.82 Å². The average Bonchev–Trinajstić information content (AvgIpc) is 3.38. The number of aromatic nitrogens is 1. The molecule has 0 atom stereocenters. The van der Waals surface area contributed by atoms with Crippen molar-refractivity contribution in [1.82, 2.24) is 4.98 Å². The van der Waals surface area contributed by atoms with Gasteiger partial charge in [0, 0.05) is 6.20 Å². The molecule has 3 heterocycles. The standard InChI is InChI=1S/C22H13ClFNO4/c1-2-10-3-4-12(28-22-14(24)7-11(23)9-25-22)8-13(10)17-20(26)18-15-5-6-16(29-15)19(18)21(17)27/h3-9,26H,2H2,1H3. The van der Waals surface area contributed by atoms with Crippen LogP contribution in [-0.4, -0.2) is 15.9 Å². The topological polar surface area (TPSA) is 72.6 Å². The van der Waals surface area contributed by atoms with Gasteiger partial charge in [-0.2, -0.15) is 0 Å². The molecular weight excluding hydrogens is 397 g/mol. The number of allylic oxidation sites excluding steroid dienone is 1. The first-order valence-electron chi connectivity index (χ1n) is 8.93. The molecule has 7 heteroatoms. The number of ether oxygens (including phenoxy) is 1. The largest absolute Gasteiger partial charge is 0.506 e. The third kappa shape index (κ3) is 2.60. The van der Waals surface area contributed by atoms with Gasteiger partial charge in [-0.25, -0.2) is 9.37 Å². The summed E-state index contributed by atoms with van der Waals surface area (Å²) in [6.07, 6.45) is 1.90. The van der Waals surface area contributed by atoms with Crippen molar-refractivity contribution in [3.8, 4) is 11.6 Å². The molecule has 0 amide bonds. The van der Waals surface area contributed by atoms with E-state index in [9.17, 15) is 14.3 Å². The first-order chi connectivity index (χ1) is 14.0. The number of aryl methyl sites for hydroxylation is 1. The molecule has 0 unspecified atom stereocenters. The van der Waals surface area contributed by atoms with Crippen LogP contribution in [0.2, 0.25) is 5.02 Å². The van der Waals surface area contributed by atoms with Gasteiger partial charge in [0.15, 0.2) is 5.82 Å². The Kier molecular flexibility index (Phi) is 3.86. The van der Waals surface area contributed by atoms with Crippen LogP contribution in [0.5, 0.6) is 11.6 Å². The number of carbonyl (C=O) groups is 1. The van der Waals surface area contributed by atoms with E-state index in [1.165, 1.54) is 6.20 Å². The Morgan fingerprint density at radius 1 is 1.17 bits per heavy atom. The minimum Gasteiger partial charge on any atom is -0.506 e. The van der Waals surface area contributed by atoms with Crippen LogP contribution in [0.25, 0.3) is 22.5 Å². The van der Waals surface area contributed by atoms with Gasteiger partial charge in [-0.15, -0.1) is 0 Å². The Morgan fingerprint density at radius 2 is 1.93 bits per heavy atom. The highest BCUT2D eigenvalue weighted by Crippen LogP contribution is 2.45. The van der Waals surface area contributed by atoms with Crippen LogP contribution >= 0.6 is 11.6 Å². The Labute approximate surface area is 169 Å². The molecule has 29 heavy (non-hydrogen) atoms. The zero-order valence-corrected chi connectivity index (χ0v) is 15.9. The predicted molar refractivity (Wildman–Crippen MR) is 106 cm³/mol. The normalized spacial score (nSPS) is 13.6. The number of hydrogen-bond donors (Lipinski definition) is 1. The van der Waals surface area contributed by atoms with Gasteiger partial charge in [0.05, 0.1) is 21.7 Å². The molecule has 5 nitrogen and oxygen atoms in total. The van der Waals surface area contributed by atoms with Crippen molar-refractivity contribution in [2.45, 2.75) is 13.3 Å². The number of aliphatic hydroxyl groups excluding tert-OH is 1. The Hall–Kier alpha value is -3.38. The van der Waals surface area contributed by atoms with Crippen molar-refractivity contribution in [2.24, 2.45) is 0 Å². The molecule has 3 aromatic heterocycles. The molecule has 0 radical (unpaired) electrons. The summed E-state index contributed by atoms with van der Waals surface area (Å²) in [6.45, 7) is 1.94. The highest BCUT2D eigenvalue weighted by molar-refractivity contribution is 6.42. The van der Waals surface area contributed by atoms with E-state index in [4.69, 9.17) is 20.8 Å². The summed E-state index contributed by atoms with van der Waals surface area (Å²) in [7, 11) is 0. The van der Waals surface area contributed by atoms with Crippen LogP contribution in [0.4, 0.5) is 4.39 Å². The van der Waals surface area contributed by atoms with Crippen molar-refractivity contribution in [3.63, 3.8) is 0 Å². The summed E-state index contributed by atoms with van der Waals surface area (Å²) in [5.74, 6) is -1.09. The summed E-state index contributed by atoms with van der Waals surface area (Å²) in [5.41, 5.74) is 3.25. The lowest BCUT2D eigenvalue weighted by molar-refractivity contribution is 0.106. The van der Waals surface area contributed by atoms with E-state index >= 15 is 0 Å². The zero-order chi connectivity index (χ0) is 20.3. The molecule has 1 aliphatic rings. The highest BCUT2D eigenvalue weighted by atomic mass is 35.5. The number of ketones is 1. The summed E-state index contributed by atoms with van der Waals surface area (Å²) < 4.78 is 25.1. The average molecular weight is 410 g/mol. The number of aliphatic hydroxyl groups is 1. The maximum absolute atomic E-state index is 14.0. The van der Waals surface area contributed by atoms with E-state index in [2.05, 4.69) is 4.98 Å². The van der Waals surface area contributed by atoms with Crippen LogP contribution in [0.3, 0.4) is 0 Å². The Balaban J connectivity index is 1.61. The third-order valence-electron chi connectivity index (χ3n) is 5.00. The maximum Gasteiger partial charge on any atom is 0.255 e. The predicted octanol–water partition coefficient (Wildman–Crippen LogP) is 6.04. The smallest absolute Gasteiger partial charge is 0.255 e. The molecule has 0 saturated carbocycles. The van der Waals surface area contributed by atoms with Gasteiger partial charge < -0.3 is 14.3 Å². The number of Topliss-reactive ketones (excluding diaryl/α,β-unsaturated/α-hetero) is 1. The van der Waals surface area contributed by atoms with Crippen molar-refractivity contribution >= 4 is 39.9 Å². The monoisotopic (exact) mass is 409 g/mol. The molecule has 0 spiro atoms. The van der Waals surface area contributed by atoms with E-state index in [1.807, 2.05) is 6.92 Å². The second-order valence-corrected chi connectivity index (χ2v) is 7.12. The molecule has 0 aliphatic heterocycles. The minimum absolute atomic E-state index is 0.123. The number of nitrogens with zero attached hydrogens (tertiary/aromatic N) is 1. The number of fused-ring (bicyclic) bond motifs is 5. The number of carbonyl (C=O) groups excluding carboxylic acids is 1. The number of hydrogen-bond acceptors (Lipinski definition) is 5. The van der Waals surface area contributed by atoms with Crippen molar-refractivity contribution in [3.05, 3.63) is 75.7 Å². The van der Waals surface area contributed by atoms with E-state index in [0.29, 0.717) is 34.3 Å². The molecule has 2 bridgehead atoms. The van der Waals surface area contributed by atoms with Crippen molar-refractivity contribution in [2.75, 3.05) is 0 Å². The lowest BCUT2D eigenvalue weighted by atomic mass is 9.95. The van der Waals surface area contributed by atoms with Gasteiger partial charge in [-0.1, -0.05) is 24.6 Å². The van der Waals surface area contributed by atoms with Crippen LogP contribution < -0.4 is 4.74 Å². The molecule has 1 aromatic carbocycles. The molecule has 0 fully saturated rings. The summed E-state index contributed by atoms with van der Waals surface area (Å²) in [5, 5.41) is 11.0. The van der Waals surface area contributed by atoms with Gasteiger partial charge in [0.2, 0.25) is 5.78 Å². The lowest BCUT2D eigenvalue weighted by Crippen LogP contribution is -2.02. The molecule has 1 aliphatic carbocycles. The van der Waals surface area contributed by atoms with Gasteiger partial charge in [0.1, 0.15) is 22.7 Å². The third-order valence-corrected chi connectivity index (χ3v) is 5.20. The summed E-state index contributed by atoms with van der Waals surface area (Å²) in [4.78, 5) is 16.9. The number of halogens is 2. The summed E-state index contributed by atoms with van der Waals surface area (Å²) in [6, 6.07) is 9.57. The van der Waals surface area contributed by atoms with Crippen LogP contribution in [-0.2, 0) is 6.42 Å². The number of pyridine rings is 1. The van der Waals surface area contributed by atoms with E-state index in [0.717, 1.165) is 11.6 Å². The van der Waals surface area contributed by atoms with Gasteiger partial charge in [-0.05, 0) is 47.9 Å². The zero-order valence-electron chi connectivity index (χ0n) is 15.1. The van der Waals surface area contributed by atoms with Gasteiger partial charge in [0.25, 0.3) is 5.88 Å². The van der Waals surface area contributed by atoms with Gasteiger partial charge in [-0.3, -0.25) is 4.79 Å². The number of benzene rings is 2. The van der Waals surface area contributed by atoms with E-state index in [-0.39, 0.29) is 33.8 Å².